The number of halogens is 1. The Hall–Kier alpha value is -1.81. The maximum absolute atomic E-state index is 13.1. The van der Waals surface area contributed by atoms with Crippen LogP contribution in [-0.4, -0.2) is 18.6 Å². The maximum atomic E-state index is 13.1. The van der Waals surface area contributed by atoms with Gasteiger partial charge in [-0.05, 0) is 49.1 Å². The molecule has 0 unspecified atom stereocenters. The molecule has 0 fully saturated rings. The average Bonchev–Trinajstić information content (AvgIpc) is 2.48. The Morgan fingerprint density at radius 2 is 1.90 bits per heavy atom. The lowest BCUT2D eigenvalue weighted by Crippen LogP contribution is -2.11. The number of benzene rings is 2. The Balaban J connectivity index is 1.98. The monoisotopic (exact) mass is 290 g/mol. The number of Topliss-reactive ketones (excluding diaryl/α,β-unsaturated/α-hetero) is 1. The molecule has 0 heterocycles. The fourth-order valence-corrected chi connectivity index (χ4v) is 2.12. The second-order valence-corrected chi connectivity index (χ2v) is 5.23. The van der Waals surface area contributed by atoms with E-state index in [9.17, 15) is 9.18 Å². The van der Waals surface area contributed by atoms with E-state index in [1.165, 1.54) is 12.1 Å². The summed E-state index contributed by atoms with van der Waals surface area (Å²) in [5.74, 6) is 0.119. The van der Waals surface area contributed by atoms with Crippen LogP contribution in [0.15, 0.2) is 47.4 Å². The van der Waals surface area contributed by atoms with Crippen molar-refractivity contribution in [3.05, 3.63) is 59.4 Å². The quantitative estimate of drug-likeness (QED) is 0.612. The summed E-state index contributed by atoms with van der Waals surface area (Å²) in [4.78, 5) is 13.1. The van der Waals surface area contributed by atoms with Crippen LogP contribution >= 0.6 is 11.8 Å². The van der Waals surface area contributed by atoms with Crippen LogP contribution in [0, 0.1) is 12.7 Å². The van der Waals surface area contributed by atoms with E-state index < -0.39 is 0 Å². The molecule has 0 spiro atoms. The van der Waals surface area contributed by atoms with Gasteiger partial charge >= 0.3 is 0 Å². The predicted molar refractivity (Wildman–Crippen MR) is 79.2 cm³/mol. The fourth-order valence-electron chi connectivity index (χ4n) is 1.72. The van der Waals surface area contributed by atoms with Gasteiger partial charge in [0.05, 0.1) is 0 Å². The SMILES string of the molecule is CSc1ccc(C(=O)COc2ccc(F)c(C)c2)cc1. The van der Waals surface area contributed by atoms with Gasteiger partial charge in [-0.15, -0.1) is 11.8 Å². The number of carbonyl (C=O) groups excluding carboxylic acids is 1. The molecular formula is C16H15FO2S. The molecule has 0 bridgehead atoms. The lowest BCUT2D eigenvalue weighted by atomic mass is 10.1. The summed E-state index contributed by atoms with van der Waals surface area (Å²) in [5.41, 5.74) is 1.11. The number of carbonyl (C=O) groups is 1. The summed E-state index contributed by atoms with van der Waals surface area (Å²) >= 11 is 1.62. The molecule has 0 radical (unpaired) electrons. The smallest absolute Gasteiger partial charge is 0.200 e. The minimum Gasteiger partial charge on any atom is -0.485 e. The van der Waals surface area contributed by atoms with Crippen molar-refractivity contribution in [2.24, 2.45) is 0 Å². The first kappa shape index (κ1) is 14.6. The van der Waals surface area contributed by atoms with Crippen molar-refractivity contribution < 1.29 is 13.9 Å². The molecule has 2 aromatic carbocycles. The molecule has 2 nitrogen and oxygen atoms in total. The minimum absolute atomic E-state index is 0.0519. The second-order valence-electron chi connectivity index (χ2n) is 4.35. The van der Waals surface area contributed by atoms with Crippen molar-refractivity contribution in [2.45, 2.75) is 11.8 Å². The van der Waals surface area contributed by atoms with Crippen LogP contribution in [-0.2, 0) is 0 Å². The third-order valence-corrected chi connectivity index (χ3v) is 3.65. The second kappa shape index (κ2) is 6.57. The molecule has 20 heavy (non-hydrogen) atoms. The molecule has 0 atom stereocenters. The topological polar surface area (TPSA) is 26.3 Å². The van der Waals surface area contributed by atoms with Gasteiger partial charge in [-0.1, -0.05) is 12.1 Å². The van der Waals surface area contributed by atoms with Crippen LogP contribution in [0.2, 0.25) is 0 Å². The molecule has 0 aromatic heterocycles. The first-order chi connectivity index (χ1) is 9.60. The lowest BCUT2D eigenvalue weighted by Gasteiger charge is -2.07. The summed E-state index contributed by atoms with van der Waals surface area (Å²) in [6, 6.07) is 11.8. The highest BCUT2D eigenvalue weighted by Crippen LogP contribution is 2.17. The van der Waals surface area contributed by atoms with Crippen LogP contribution in [0.1, 0.15) is 15.9 Å². The molecule has 0 N–H and O–H groups in total. The van der Waals surface area contributed by atoms with Crippen LogP contribution in [0.3, 0.4) is 0 Å². The number of ether oxygens (including phenoxy) is 1. The number of hydrogen-bond donors (Lipinski definition) is 0. The molecule has 2 rings (SSSR count). The van der Waals surface area contributed by atoms with Crippen molar-refractivity contribution in [1.82, 2.24) is 0 Å². The molecule has 104 valence electrons. The Labute approximate surface area is 122 Å². The van der Waals surface area contributed by atoms with Gasteiger partial charge in [0.15, 0.2) is 12.4 Å². The third-order valence-electron chi connectivity index (χ3n) is 2.91. The molecular weight excluding hydrogens is 275 g/mol. The van der Waals surface area contributed by atoms with Gasteiger partial charge in [0.1, 0.15) is 11.6 Å². The van der Waals surface area contributed by atoms with Gasteiger partial charge in [-0.2, -0.15) is 0 Å². The van der Waals surface area contributed by atoms with Crippen LogP contribution in [0.5, 0.6) is 5.75 Å². The van der Waals surface area contributed by atoms with E-state index in [1.807, 2.05) is 18.4 Å². The molecule has 0 aliphatic heterocycles. The number of ketones is 1. The van der Waals surface area contributed by atoms with Crippen molar-refractivity contribution in [1.29, 1.82) is 0 Å². The first-order valence-electron chi connectivity index (χ1n) is 6.16. The zero-order valence-electron chi connectivity index (χ0n) is 11.4. The first-order valence-corrected chi connectivity index (χ1v) is 7.39. The number of hydrogen-bond acceptors (Lipinski definition) is 3. The predicted octanol–water partition coefficient (Wildman–Crippen LogP) is 4.12. The highest BCUT2D eigenvalue weighted by Gasteiger charge is 2.07. The Morgan fingerprint density at radius 3 is 2.50 bits per heavy atom. The standard InChI is InChI=1S/C16H15FO2S/c1-11-9-13(5-8-15(11)17)19-10-16(18)12-3-6-14(20-2)7-4-12/h3-9H,10H2,1-2H3. The molecule has 0 amide bonds. The van der Waals surface area contributed by atoms with Gasteiger partial charge in [0.25, 0.3) is 0 Å². The molecule has 2 aromatic rings. The van der Waals surface area contributed by atoms with Crippen LogP contribution in [0.4, 0.5) is 4.39 Å². The fraction of sp³-hybridized carbons (Fsp3) is 0.188. The summed E-state index contributed by atoms with van der Waals surface area (Å²) in [7, 11) is 0. The van der Waals surface area contributed by atoms with E-state index >= 15 is 0 Å². The highest BCUT2D eigenvalue weighted by molar-refractivity contribution is 7.98. The molecule has 4 heteroatoms. The maximum Gasteiger partial charge on any atom is 0.200 e. The van der Waals surface area contributed by atoms with Crippen molar-refractivity contribution in [3.8, 4) is 5.75 Å². The highest BCUT2D eigenvalue weighted by atomic mass is 32.2. The number of thioether (sulfide) groups is 1. The molecule has 0 aliphatic rings. The number of rotatable bonds is 5. The molecule has 0 saturated carbocycles. The molecule has 0 aliphatic carbocycles. The van der Waals surface area contributed by atoms with Crippen LogP contribution < -0.4 is 4.74 Å². The van der Waals surface area contributed by atoms with E-state index in [2.05, 4.69) is 0 Å². The minimum atomic E-state index is -0.281. The van der Waals surface area contributed by atoms with E-state index in [1.54, 1.807) is 36.9 Å². The van der Waals surface area contributed by atoms with Gasteiger partial charge < -0.3 is 4.74 Å². The normalized spacial score (nSPS) is 10.3. The van der Waals surface area contributed by atoms with E-state index in [0.717, 1.165) is 4.90 Å². The van der Waals surface area contributed by atoms with E-state index in [4.69, 9.17) is 4.74 Å². The molecule has 0 saturated heterocycles. The zero-order valence-corrected chi connectivity index (χ0v) is 12.2. The van der Waals surface area contributed by atoms with Gasteiger partial charge in [-0.25, -0.2) is 4.39 Å². The summed E-state index contributed by atoms with van der Waals surface area (Å²) in [5, 5.41) is 0. The number of aryl methyl sites for hydroxylation is 1. The zero-order chi connectivity index (χ0) is 14.5. The Morgan fingerprint density at radius 1 is 1.20 bits per heavy atom. The summed E-state index contributed by atoms with van der Waals surface area (Å²) < 4.78 is 18.5. The van der Waals surface area contributed by atoms with Gasteiger partial charge in [-0.3, -0.25) is 4.79 Å². The van der Waals surface area contributed by atoms with Crippen LogP contribution in [0.25, 0.3) is 0 Å². The Kier molecular flexibility index (Phi) is 4.79. The van der Waals surface area contributed by atoms with E-state index in [0.29, 0.717) is 16.9 Å². The third kappa shape index (κ3) is 3.61. The van der Waals surface area contributed by atoms with E-state index in [-0.39, 0.29) is 18.2 Å². The summed E-state index contributed by atoms with van der Waals surface area (Å²) in [6.07, 6.45) is 1.98. The van der Waals surface area contributed by atoms with Gasteiger partial charge in [0, 0.05) is 10.5 Å². The van der Waals surface area contributed by atoms with Crippen molar-refractivity contribution >= 4 is 17.5 Å². The van der Waals surface area contributed by atoms with Crippen molar-refractivity contribution in [2.75, 3.05) is 12.9 Å². The average molecular weight is 290 g/mol. The van der Waals surface area contributed by atoms with Crippen molar-refractivity contribution in [3.63, 3.8) is 0 Å². The van der Waals surface area contributed by atoms with Gasteiger partial charge in [0.2, 0.25) is 0 Å². The Bertz CT molecular complexity index is 608. The lowest BCUT2D eigenvalue weighted by molar-refractivity contribution is 0.0921. The summed E-state index contributed by atoms with van der Waals surface area (Å²) in [6.45, 7) is 1.61. The largest absolute Gasteiger partial charge is 0.485 e.